The molecule has 4 rings (SSSR count). The highest BCUT2D eigenvalue weighted by molar-refractivity contribution is 5.88. The predicted octanol–water partition coefficient (Wildman–Crippen LogP) is 4.40. The maximum absolute atomic E-state index is 13.3. The number of nitrogens with one attached hydrogen (secondary N) is 1. The van der Waals surface area contributed by atoms with Crippen molar-refractivity contribution < 1.29 is 14.3 Å². The Kier molecular flexibility index (Phi) is 6.02. The number of aromatic nitrogens is 1. The Bertz CT molecular complexity index is 807. The molecule has 29 heavy (non-hydrogen) atoms. The number of ether oxygens (including phenoxy) is 2. The van der Waals surface area contributed by atoms with Crippen molar-refractivity contribution in [2.75, 3.05) is 13.7 Å². The number of hydrogen-bond acceptors (Lipinski definition) is 4. The topological polar surface area (TPSA) is 60.5 Å². The lowest BCUT2D eigenvalue weighted by atomic mass is 9.68. The highest BCUT2D eigenvalue weighted by Gasteiger charge is 2.40. The summed E-state index contributed by atoms with van der Waals surface area (Å²) in [4.78, 5) is 17.7. The number of pyridine rings is 1. The molecule has 2 aromatic rings. The van der Waals surface area contributed by atoms with Gasteiger partial charge in [0.1, 0.15) is 5.75 Å². The first-order valence-corrected chi connectivity index (χ1v) is 10.7. The van der Waals surface area contributed by atoms with Gasteiger partial charge in [0.15, 0.2) is 0 Å². The molecular formula is C24H30N2O3. The Morgan fingerprint density at radius 2 is 1.86 bits per heavy atom. The maximum atomic E-state index is 13.3. The molecular weight excluding hydrogens is 364 g/mol. The Labute approximate surface area is 172 Å². The van der Waals surface area contributed by atoms with Crippen molar-refractivity contribution in [3.05, 3.63) is 53.7 Å². The molecule has 0 spiro atoms. The van der Waals surface area contributed by atoms with Crippen molar-refractivity contribution in [3.8, 4) is 11.6 Å². The number of carbonyl (C=O) groups excluding carboxylic acids is 1. The first-order chi connectivity index (χ1) is 14.2. The normalized spacial score (nSPS) is 18.1. The third-order valence-corrected chi connectivity index (χ3v) is 6.20. The minimum absolute atomic E-state index is 0.108. The summed E-state index contributed by atoms with van der Waals surface area (Å²) in [5.74, 6) is 2.29. The zero-order valence-electron chi connectivity index (χ0n) is 17.2. The fourth-order valence-electron chi connectivity index (χ4n) is 4.15. The van der Waals surface area contributed by atoms with Gasteiger partial charge in [-0.05, 0) is 54.9 Å². The fraction of sp³-hybridized carbons (Fsp3) is 0.500. The van der Waals surface area contributed by atoms with E-state index in [4.69, 9.17) is 9.47 Å². The molecule has 0 radical (unpaired) electrons. The summed E-state index contributed by atoms with van der Waals surface area (Å²) in [7, 11) is 1.66. The number of benzene rings is 1. The average Bonchev–Trinajstić information content (AvgIpc) is 3.62. The van der Waals surface area contributed by atoms with Gasteiger partial charge in [0.25, 0.3) is 0 Å². The molecule has 2 aliphatic rings. The molecule has 1 amide bonds. The molecule has 0 unspecified atom stereocenters. The number of methoxy groups -OCH3 is 1. The van der Waals surface area contributed by atoms with Gasteiger partial charge in [0, 0.05) is 18.8 Å². The Hall–Kier alpha value is -2.56. The van der Waals surface area contributed by atoms with Crippen LogP contribution in [-0.2, 0) is 16.8 Å². The van der Waals surface area contributed by atoms with E-state index < -0.39 is 5.41 Å². The molecule has 1 aromatic heterocycles. The van der Waals surface area contributed by atoms with Gasteiger partial charge >= 0.3 is 0 Å². The van der Waals surface area contributed by atoms with Crippen LogP contribution in [0.3, 0.4) is 0 Å². The van der Waals surface area contributed by atoms with Gasteiger partial charge in [-0.1, -0.05) is 37.5 Å². The second-order valence-electron chi connectivity index (χ2n) is 8.31. The predicted molar refractivity (Wildman–Crippen MR) is 112 cm³/mol. The molecule has 0 saturated heterocycles. The van der Waals surface area contributed by atoms with Gasteiger partial charge in [-0.2, -0.15) is 0 Å². The molecule has 2 aliphatic carbocycles. The van der Waals surface area contributed by atoms with Crippen molar-refractivity contribution in [2.45, 2.75) is 56.9 Å². The van der Waals surface area contributed by atoms with Crippen LogP contribution in [0.4, 0.5) is 0 Å². The monoisotopic (exact) mass is 394 g/mol. The third-order valence-electron chi connectivity index (χ3n) is 6.20. The molecule has 2 saturated carbocycles. The van der Waals surface area contributed by atoms with Crippen molar-refractivity contribution in [3.63, 3.8) is 0 Å². The Morgan fingerprint density at radius 1 is 1.10 bits per heavy atom. The van der Waals surface area contributed by atoms with E-state index in [0.29, 0.717) is 18.3 Å². The van der Waals surface area contributed by atoms with Gasteiger partial charge in [0.05, 0.1) is 19.1 Å². The van der Waals surface area contributed by atoms with Gasteiger partial charge in [-0.25, -0.2) is 4.98 Å². The lowest BCUT2D eigenvalue weighted by Crippen LogP contribution is -2.45. The quantitative estimate of drug-likeness (QED) is 0.721. The maximum Gasteiger partial charge on any atom is 0.230 e. The lowest BCUT2D eigenvalue weighted by molar-refractivity contribution is -0.128. The van der Waals surface area contributed by atoms with Gasteiger partial charge in [-0.3, -0.25) is 4.79 Å². The van der Waals surface area contributed by atoms with Crippen LogP contribution in [0, 0.1) is 5.92 Å². The molecule has 1 N–H and O–H groups in total. The van der Waals surface area contributed by atoms with Crippen molar-refractivity contribution in [1.29, 1.82) is 0 Å². The summed E-state index contributed by atoms with van der Waals surface area (Å²) in [5, 5.41) is 3.17. The van der Waals surface area contributed by atoms with Crippen LogP contribution >= 0.6 is 0 Å². The summed E-state index contributed by atoms with van der Waals surface area (Å²) in [6.07, 6.45) is 9.44. The van der Waals surface area contributed by atoms with Crippen LogP contribution in [0.15, 0.2) is 42.6 Å². The number of amides is 1. The van der Waals surface area contributed by atoms with Gasteiger partial charge in [0.2, 0.25) is 11.8 Å². The first-order valence-electron chi connectivity index (χ1n) is 10.7. The van der Waals surface area contributed by atoms with Crippen molar-refractivity contribution in [1.82, 2.24) is 10.3 Å². The average molecular weight is 395 g/mol. The van der Waals surface area contributed by atoms with Crippen LogP contribution in [0.2, 0.25) is 0 Å². The van der Waals surface area contributed by atoms with E-state index in [0.717, 1.165) is 49.2 Å². The third kappa shape index (κ3) is 4.72. The van der Waals surface area contributed by atoms with E-state index in [9.17, 15) is 4.79 Å². The fourth-order valence-corrected chi connectivity index (χ4v) is 4.15. The number of nitrogens with zero attached hydrogens (tertiary/aromatic N) is 1. The van der Waals surface area contributed by atoms with E-state index in [1.54, 1.807) is 13.3 Å². The Balaban J connectivity index is 1.41. The molecule has 0 atom stereocenters. The lowest BCUT2D eigenvalue weighted by Gasteiger charge is -2.36. The van der Waals surface area contributed by atoms with Gasteiger partial charge < -0.3 is 14.8 Å². The minimum Gasteiger partial charge on any atom is -0.497 e. The van der Waals surface area contributed by atoms with Crippen molar-refractivity contribution in [2.24, 2.45) is 5.92 Å². The molecule has 1 aromatic carbocycles. The summed E-state index contributed by atoms with van der Waals surface area (Å²) in [5.41, 5.74) is 1.61. The Morgan fingerprint density at radius 3 is 2.48 bits per heavy atom. The minimum atomic E-state index is -0.453. The largest absolute Gasteiger partial charge is 0.497 e. The van der Waals surface area contributed by atoms with Crippen LogP contribution in [-0.4, -0.2) is 24.6 Å². The smallest absolute Gasteiger partial charge is 0.230 e. The molecule has 5 heteroatoms. The number of rotatable bonds is 8. The summed E-state index contributed by atoms with van der Waals surface area (Å²) >= 11 is 0. The van der Waals surface area contributed by atoms with Gasteiger partial charge in [-0.15, -0.1) is 0 Å². The second kappa shape index (κ2) is 8.85. The number of hydrogen-bond donors (Lipinski definition) is 1. The van der Waals surface area contributed by atoms with Crippen LogP contribution < -0.4 is 14.8 Å². The summed E-state index contributed by atoms with van der Waals surface area (Å²) in [6, 6.07) is 11.8. The molecule has 2 fully saturated rings. The zero-order chi connectivity index (χ0) is 20.1. The molecule has 154 valence electrons. The van der Waals surface area contributed by atoms with E-state index in [2.05, 4.69) is 10.3 Å². The molecule has 1 heterocycles. The molecule has 0 bridgehead atoms. The first kappa shape index (κ1) is 19.7. The zero-order valence-corrected chi connectivity index (χ0v) is 17.2. The second-order valence-corrected chi connectivity index (χ2v) is 8.31. The molecule has 5 nitrogen and oxygen atoms in total. The van der Waals surface area contributed by atoms with E-state index >= 15 is 0 Å². The number of carbonyl (C=O) groups is 1. The summed E-state index contributed by atoms with van der Waals surface area (Å²) in [6.45, 7) is 1.24. The van der Waals surface area contributed by atoms with E-state index in [1.165, 1.54) is 19.3 Å². The van der Waals surface area contributed by atoms with E-state index in [-0.39, 0.29) is 5.91 Å². The van der Waals surface area contributed by atoms with Crippen molar-refractivity contribution >= 4 is 5.91 Å². The van der Waals surface area contributed by atoms with Crippen LogP contribution in [0.25, 0.3) is 0 Å². The standard InChI is InChI=1S/C24H30N2O3/c1-28-21-10-8-20(9-11-21)24(13-3-2-4-14-24)23(27)26-16-19-7-12-22(25-15-19)29-17-18-5-6-18/h7-12,15,18H,2-6,13-14,16-17H2,1H3,(H,26,27). The molecule has 0 aliphatic heterocycles. The highest BCUT2D eigenvalue weighted by atomic mass is 16.5. The van der Waals surface area contributed by atoms with E-state index in [1.807, 2.05) is 36.4 Å². The van der Waals surface area contributed by atoms with Crippen LogP contribution in [0.5, 0.6) is 11.6 Å². The SMILES string of the molecule is COc1ccc(C2(C(=O)NCc3ccc(OCC4CC4)nc3)CCCCC2)cc1. The van der Waals surface area contributed by atoms with Crippen LogP contribution in [0.1, 0.15) is 56.1 Å². The highest BCUT2D eigenvalue weighted by Crippen LogP contribution is 2.40. The summed E-state index contributed by atoms with van der Waals surface area (Å²) < 4.78 is 11.0.